The van der Waals surface area contributed by atoms with Crippen LogP contribution in [0.5, 0.6) is 5.75 Å². The molecule has 0 bridgehead atoms. The van der Waals surface area contributed by atoms with Crippen molar-refractivity contribution in [3.63, 3.8) is 0 Å². The Morgan fingerprint density at radius 1 is 1.11 bits per heavy atom. The number of carbonyl (C=O) groups is 1. The van der Waals surface area contributed by atoms with Gasteiger partial charge in [0, 0.05) is 17.7 Å². The first kappa shape index (κ1) is 20.0. The number of rotatable bonds is 7. The summed E-state index contributed by atoms with van der Waals surface area (Å²) >= 11 is 0. The molecule has 1 aliphatic heterocycles. The number of hydrogen-bond donors (Lipinski definition) is 0. The Morgan fingerprint density at radius 3 is 2.32 bits per heavy atom. The summed E-state index contributed by atoms with van der Waals surface area (Å²) in [6.45, 7) is 2.54. The number of unbranched alkanes of at least 4 members (excludes halogenated alkanes) is 1. The number of benzene rings is 2. The zero-order valence-electron chi connectivity index (χ0n) is 15.7. The lowest BCUT2D eigenvalue weighted by Gasteiger charge is -2.28. The molecule has 2 aromatic carbocycles. The summed E-state index contributed by atoms with van der Waals surface area (Å²) in [5, 5.41) is 10.7. The first-order chi connectivity index (χ1) is 13.6. The van der Waals surface area contributed by atoms with E-state index >= 15 is 0 Å². The zero-order valence-corrected chi connectivity index (χ0v) is 15.7. The molecule has 3 rings (SSSR count). The van der Waals surface area contributed by atoms with Gasteiger partial charge in [0.05, 0.1) is 18.1 Å². The monoisotopic (exact) mass is 385 g/mol. The third-order valence-electron chi connectivity index (χ3n) is 4.57. The van der Waals surface area contributed by atoms with Crippen LogP contribution < -0.4 is 4.74 Å². The van der Waals surface area contributed by atoms with E-state index in [-0.39, 0.29) is 24.7 Å². The van der Waals surface area contributed by atoms with Crippen molar-refractivity contribution in [3.8, 4) is 5.75 Å². The van der Waals surface area contributed by atoms with Crippen molar-refractivity contribution in [2.24, 2.45) is 5.92 Å². The highest BCUT2D eigenvalue weighted by Crippen LogP contribution is 2.27. The van der Waals surface area contributed by atoms with Gasteiger partial charge in [-0.1, -0.05) is 37.6 Å². The summed E-state index contributed by atoms with van der Waals surface area (Å²) in [5.41, 5.74) is 2.14. The van der Waals surface area contributed by atoms with E-state index in [4.69, 9.17) is 14.2 Å². The Kier molecular flexibility index (Phi) is 6.73. The maximum Gasteiger partial charge on any atom is 0.319 e. The lowest BCUT2D eigenvalue weighted by Crippen LogP contribution is -2.35. The Balaban J connectivity index is 1.50. The standard InChI is InChI=1S/C21H23NO6/c1-2-3-4-15-5-7-16(8-6-15)21-26-13-17(14-27-21)20(23)28-19-11-9-18(10-12-19)22(24)25/h5-12,17,21H,2-4,13-14H2,1H3/t17-,21-. The van der Waals surface area contributed by atoms with Crippen molar-refractivity contribution in [2.75, 3.05) is 13.2 Å². The largest absolute Gasteiger partial charge is 0.426 e. The van der Waals surface area contributed by atoms with Gasteiger partial charge in [-0.25, -0.2) is 0 Å². The third kappa shape index (κ3) is 5.15. The van der Waals surface area contributed by atoms with E-state index < -0.39 is 23.1 Å². The number of nitrogens with zero attached hydrogens (tertiary/aromatic N) is 1. The van der Waals surface area contributed by atoms with Crippen molar-refractivity contribution in [2.45, 2.75) is 32.5 Å². The van der Waals surface area contributed by atoms with Gasteiger partial charge >= 0.3 is 5.97 Å². The molecule has 1 saturated heterocycles. The highest BCUT2D eigenvalue weighted by Gasteiger charge is 2.30. The van der Waals surface area contributed by atoms with Crippen LogP contribution in [-0.2, 0) is 20.7 Å². The predicted octanol–water partition coefficient (Wildman–Crippen LogP) is 4.20. The minimum Gasteiger partial charge on any atom is -0.426 e. The molecule has 0 N–H and O–H groups in total. The van der Waals surface area contributed by atoms with Gasteiger partial charge in [-0.15, -0.1) is 0 Å². The molecule has 1 heterocycles. The van der Waals surface area contributed by atoms with Gasteiger partial charge in [0.15, 0.2) is 6.29 Å². The van der Waals surface area contributed by atoms with Crippen molar-refractivity contribution < 1.29 is 23.9 Å². The maximum absolute atomic E-state index is 12.3. The van der Waals surface area contributed by atoms with Crippen LogP contribution in [0.25, 0.3) is 0 Å². The molecule has 7 heteroatoms. The van der Waals surface area contributed by atoms with Crippen molar-refractivity contribution in [1.82, 2.24) is 0 Å². The fourth-order valence-electron chi connectivity index (χ4n) is 2.89. The van der Waals surface area contributed by atoms with Gasteiger partial charge < -0.3 is 14.2 Å². The Labute approximate surface area is 163 Å². The van der Waals surface area contributed by atoms with Gasteiger partial charge in [0.2, 0.25) is 0 Å². The van der Waals surface area contributed by atoms with E-state index in [9.17, 15) is 14.9 Å². The van der Waals surface area contributed by atoms with Crippen molar-refractivity contribution >= 4 is 11.7 Å². The summed E-state index contributed by atoms with van der Waals surface area (Å²) < 4.78 is 16.7. The Morgan fingerprint density at radius 2 is 1.75 bits per heavy atom. The van der Waals surface area contributed by atoms with Gasteiger partial charge in [0.1, 0.15) is 11.7 Å². The molecule has 0 unspecified atom stereocenters. The van der Waals surface area contributed by atoms with Gasteiger partial charge in [-0.05, 0) is 30.5 Å². The topological polar surface area (TPSA) is 87.9 Å². The Hall–Kier alpha value is -2.77. The van der Waals surface area contributed by atoms with Gasteiger partial charge in [-0.2, -0.15) is 0 Å². The SMILES string of the molecule is CCCCc1ccc([C@H]2OC[C@H](C(=O)Oc3ccc([N+](=O)[O-])cc3)CO2)cc1. The second kappa shape index (κ2) is 9.43. The molecule has 0 aliphatic carbocycles. The number of non-ortho nitro benzene ring substituents is 1. The molecule has 0 aromatic heterocycles. The van der Waals surface area contributed by atoms with E-state index in [1.54, 1.807) is 0 Å². The number of hydrogen-bond acceptors (Lipinski definition) is 6. The average molecular weight is 385 g/mol. The summed E-state index contributed by atoms with van der Waals surface area (Å²) in [7, 11) is 0. The molecule has 0 spiro atoms. The summed E-state index contributed by atoms with van der Waals surface area (Å²) in [5.74, 6) is -0.780. The number of ether oxygens (including phenoxy) is 3. The lowest BCUT2D eigenvalue weighted by atomic mass is 10.1. The van der Waals surface area contributed by atoms with Crippen LogP contribution in [0.4, 0.5) is 5.69 Å². The number of nitro groups is 1. The minimum absolute atomic E-state index is 0.0623. The van der Waals surface area contributed by atoms with E-state index in [1.807, 2.05) is 12.1 Å². The molecule has 0 radical (unpaired) electrons. The maximum atomic E-state index is 12.3. The second-order valence-corrected chi connectivity index (χ2v) is 6.71. The fraction of sp³-hybridized carbons (Fsp3) is 0.381. The van der Waals surface area contributed by atoms with Crippen LogP contribution in [-0.4, -0.2) is 24.1 Å². The molecule has 148 valence electrons. The Bertz CT molecular complexity index is 795. The van der Waals surface area contributed by atoms with Crippen molar-refractivity contribution in [3.05, 3.63) is 69.8 Å². The molecular formula is C21H23NO6. The van der Waals surface area contributed by atoms with Crippen LogP contribution >= 0.6 is 0 Å². The van der Waals surface area contributed by atoms with Gasteiger partial charge in [0.25, 0.3) is 5.69 Å². The average Bonchev–Trinajstić information content (AvgIpc) is 2.73. The molecule has 28 heavy (non-hydrogen) atoms. The summed E-state index contributed by atoms with van der Waals surface area (Å²) in [6.07, 6.45) is 2.88. The number of carbonyl (C=O) groups excluding carboxylic acids is 1. The van der Waals surface area contributed by atoms with E-state index in [0.29, 0.717) is 0 Å². The van der Waals surface area contributed by atoms with Gasteiger partial charge in [-0.3, -0.25) is 14.9 Å². The lowest BCUT2D eigenvalue weighted by molar-refractivity contribution is -0.384. The molecule has 2 aromatic rings. The molecular weight excluding hydrogens is 362 g/mol. The molecule has 0 amide bonds. The number of nitro benzene ring substituents is 1. The molecule has 1 aliphatic rings. The molecule has 0 atom stereocenters. The van der Waals surface area contributed by atoms with Crippen molar-refractivity contribution in [1.29, 1.82) is 0 Å². The van der Waals surface area contributed by atoms with E-state index in [1.165, 1.54) is 29.8 Å². The van der Waals surface area contributed by atoms with E-state index in [0.717, 1.165) is 24.8 Å². The van der Waals surface area contributed by atoms with Crippen LogP contribution in [0.2, 0.25) is 0 Å². The number of aryl methyl sites for hydroxylation is 1. The first-order valence-corrected chi connectivity index (χ1v) is 9.35. The molecule has 1 fully saturated rings. The normalized spacial score (nSPS) is 19.2. The molecule has 0 saturated carbocycles. The fourth-order valence-corrected chi connectivity index (χ4v) is 2.89. The zero-order chi connectivity index (χ0) is 19.9. The second-order valence-electron chi connectivity index (χ2n) is 6.71. The van der Waals surface area contributed by atoms with Crippen LogP contribution in [0.1, 0.15) is 37.2 Å². The molecule has 7 nitrogen and oxygen atoms in total. The predicted molar refractivity (Wildman–Crippen MR) is 102 cm³/mol. The smallest absolute Gasteiger partial charge is 0.319 e. The quantitative estimate of drug-likeness (QED) is 0.307. The number of esters is 1. The third-order valence-corrected chi connectivity index (χ3v) is 4.57. The van der Waals surface area contributed by atoms with Crippen LogP contribution in [0.15, 0.2) is 48.5 Å². The van der Waals surface area contributed by atoms with Crippen LogP contribution in [0, 0.1) is 16.0 Å². The van der Waals surface area contributed by atoms with Crippen LogP contribution in [0.3, 0.4) is 0 Å². The summed E-state index contributed by atoms with van der Waals surface area (Å²) in [6, 6.07) is 13.5. The van der Waals surface area contributed by atoms with E-state index in [2.05, 4.69) is 19.1 Å². The highest BCUT2D eigenvalue weighted by atomic mass is 16.7. The highest BCUT2D eigenvalue weighted by molar-refractivity contribution is 5.75. The summed E-state index contributed by atoms with van der Waals surface area (Å²) in [4.78, 5) is 22.4. The first-order valence-electron chi connectivity index (χ1n) is 9.35. The minimum atomic E-state index is -0.546.